The van der Waals surface area contributed by atoms with Gasteiger partial charge in [0.1, 0.15) is 11.8 Å². The van der Waals surface area contributed by atoms with Crippen LogP contribution in [0, 0.1) is 22.7 Å². The molecular weight excluding hydrogens is 164 g/mol. The van der Waals surface area contributed by atoms with Crippen molar-refractivity contribution in [2.24, 2.45) is 0 Å². The molecule has 0 fully saturated rings. The van der Waals surface area contributed by atoms with Crippen LogP contribution in [-0.4, -0.2) is 0 Å². The van der Waals surface area contributed by atoms with Gasteiger partial charge >= 0.3 is 0 Å². The summed E-state index contributed by atoms with van der Waals surface area (Å²) in [5.41, 5.74) is 0. The van der Waals surface area contributed by atoms with E-state index in [4.69, 9.17) is 15.3 Å². The predicted octanol–water partition coefficient (Wildman–Crippen LogP) is 2.00. The second-order valence-electron chi connectivity index (χ2n) is 2.16. The number of para-hydroxylation sites is 1. The third kappa shape index (κ3) is 2.69. The van der Waals surface area contributed by atoms with Gasteiger partial charge in [-0.05, 0) is 12.1 Å². The Morgan fingerprint density at radius 2 is 1.92 bits per heavy atom. The Bertz CT molecular complexity index is 382. The number of ether oxygens (including phenoxy) is 1. The molecule has 0 saturated heterocycles. The molecule has 0 aliphatic carbocycles. The maximum absolute atomic E-state index is 8.52. The monoisotopic (exact) mass is 170 g/mol. The summed E-state index contributed by atoms with van der Waals surface area (Å²) >= 11 is 0. The number of allylic oxidation sites excluding steroid dienone is 2. The molecule has 62 valence electrons. The van der Waals surface area contributed by atoms with Gasteiger partial charge in [0.25, 0.3) is 0 Å². The van der Waals surface area contributed by atoms with Crippen LogP contribution >= 0.6 is 0 Å². The van der Waals surface area contributed by atoms with Gasteiger partial charge in [0.15, 0.2) is 0 Å². The third-order valence-electron chi connectivity index (χ3n) is 1.28. The quantitative estimate of drug-likeness (QED) is 0.503. The molecule has 1 aromatic carbocycles. The van der Waals surface area contributed by atoms with Crippen LogP contribution in [0.1, 0.15) is 0 Å². The zero-order valence-electron chi connectivity index (χ0n) is 6.77. The third-order valence-corrected chi connectivity index (χ3v) is 1.28. The van der Waals surface area contributed by atoms with Crippen molar-refractivity contribution >= 4 is 0 Å². The Morgan fingerprint density at radius 3 is 2.46 bits per heavy atom. The Labute approximate surface area is 76.1 Å². The average Bonchev–Trinajstić information content (AvgIpc) is 2.19. The molecule has 0 spiro atoms. The van der Waals surface area contributed by atoms with E-state index in [1.165, 1.54) is 0 Å². The maximum atomic E-state index is 8.52. The van der Waals surface area contributed by atoms with E-state index < -0.39 is 0 Å². The summed E-state index contributed by atoms with van der Waals surface area (Å²) in [6.45, 7) is 0. The van der Waals surface area contributed by atoms with Crippen molar-refractivity contribution in [2.75, 3.05) is 0 Å². The van der Waals surface area contributed by atoms with Crippen molar-refractivity contribution < 1.29 is 4.74 Å². The van der Waals surface area contributed by atoms with Gasteiger partial charge in [0, 0.05) is 0 Å². The molecule has 0 aliphatic heterocycles. The van der Waals surface area contributed by atoms with Crippen LogP contribution in [0.5, 0.6) is 5.75 Å². The van der Waals surface area contributed by atoms with Crippen LogP contribution in [0.3, 0.4) is 0 Å². The van der Waals surface area contributed by atoms with Crippen molar-refractivity contribution in [3.8, 4) is 17.9 Å². The van der Waals surface area contributed by atoms with Crippen molar-refractivity contribution in [3.05, 3.63) is 42.2 Å². The van der Waals surface area contributed by atoms with Crippen molar-refractivity contribution in [2.45, 2.75) is 0 Å². The highest BCUT2D eigenvalue weighted by Crippen LogP contribution is 2.11. The van der Waals surface area contributed by atoms with Crippen molar-refractivity contribution in [1.82, 2.24) is 0 Å². The molecule has 0 heterocycles. The molecule has 13 heavy (non-hydrogen) atoms. The van der Waals surface area contributed by atoms with E-state index in [1.54, 1.807) is 36.4 Å². The highest BCUT2D eigenvalue weighted by atomic mass is 16.5. The first-order valence-corrected chi connectivity index (χ1v) is 3.59. The molecule has 0 radical (unpaired) electrons. The van der Waals surface area contributed by atoms with Gasteiger partial charge in [0.2, 0.25) is 5.76 Å². The first-order valence-electron chi connectivity index (χ1n) is 3.59. The van der Waals surface area contributed by atoms with Crippen molar-refractivity contribution in [3.63, 3.8) is 0 Å². The van der Waals surface area contributed by atoms with Crippen LogP contribution in [0.25, 0.3) is 0 Å². The minimum Gasteiger partial charge on any atom is -0.445 e. The van der Waals surface area contributed by atoms with Crippen LogP contribution in [0.2, 0.25) is 0 Å². The molecule has 0 unspecified atom stereocenters. The van der Waals surface area contributed by atoms with Gasteiger partial charge in [-0.1, -0.05) is 18.2 Å². The Hall–Kier alpha value is -2.26. The summed E-state index contributed by atoms with van der Waals surface area (Å²) in [5, 5.41) is 16.8. The molecule has 0 saturated carbocycles. The highest BCUT2D eigenvalue weighted by Gasteiger charge is 1.96. The highest BCUT2D eigenvalue weighted by molar-refractivity contribution is 5.29. The summed E-state index contributed by atoms with van der Waals surface area (Å²) in [6, 6.07) is 12.3. The number of hydrogen-bond acceptors (Lipinski definition) is 3. The molecular formula is C10H6N2O. The van der Waals surface area contributed by atoms with E-state index in [0.717, 1.165) is 6.08 Å². The number of nitrogens with zero attached hydrogens (tertiary/aromatic N) is 2. The van der Waals surface area contributed by atoms with E-state index in [-0.39, 0.29) is 5.76 Å². The summed E-state index contributed by atoms with van der Waals surface area (Å²) in [4.78, 5) is 0. The molecule has 1 aromatic rings. The summed E-state index contributed by atoms with van der Waals surface area (Å²) in [6.07, 6.45) is 1.06. The van der Waals surface area contributed by atoms with Gasteiger partial charge in [-0.3, -0.25) is 0 Å². The van der Waals surface area contributed by atoms with Gasteiger partial charge in [-0.15, -0.1) is 0 Å². The average molecular weight is 170 g/mol. The molecule has 0 aromatic heterocycles. The fourth-order valence-electron chi connectivity index (χ4n) is 0.759. The zero-order valence-corrected chi connectivity index (χ0v) is 6.77. The number of rotatable bonds is 2. The van der Waals surface area contributed by atoms with Crippen LogP contribution in [-0.2, 0) is 0 Å². The summed E-state index contributed by atoms with van der Waals surface area (Å²) in [7, 11) is 0. The van der Waals surface area contributed by atoms with E-state index in [9.17, 15) is 0 Å². The van der Waals surface area contributed by atoms with E-state index in [1.807, 2.05) is 6.07 Å². The smallest absolute Gasteiger partial charge is 0.214 e. The van der Waals surface area contributed by atoms with E-state index in [2.05, 4.69) is 0 Å². The zero-order chi connectivity index (χ0) is 9.52. The largest absolute Gasteiger partial charge is 0.445 e. The minimum atomic E-state index is -0.00583. The lowest BCUT2D eigenvalue weighted by Crippen LogP contribution is -1.91. The SMILES string of the molecule is N#C/C=C(\C#N)Oc1ccccc1. The first kappa shape index (κ1) is 8.83. The number of benzene rings is 1. The minimum absolute atomic E-state index is 0.00583. The predicted molar refractivity (Wildman–Crippen MR) is 46.4 cm³/mol. The molecule has 0 amide bonds. The molecule has 0 bridgehead atoms. The fourth-order valence-corrected chi connectivity index (χ4v) is 0.759. The van der Waals surface area contributed by atoms with Gasteiger partial charge in [0.05, 0.1) is 12.1 Å². The van der Waals surface area contributed by atoms with Crippen molar-refractivity contribution in [1.29, 1.82) is 10.5 Å². The van der Waals surface area contributed by atoms with Gasteiger partial charge in [-0.25, -0.2) is 0 Å². The summed E-state index contributed by atoms with van der Waals surface area (Å²) < 4.78 is 5.08. The van der Waals surface area contributed by atoms with Crippen LogP contribution in [0.4, 0.5) is 0 Å². The van der Waals surface area contributed by atoms with Crippen LogP contribution < -0.4 is 4.74 Å². The van der Waals surface area contributed by atoms with E-state index in [0.29, 0.717) is 5.75 Å². The molecule has 3 heteroatoms. The van der Waals surface area contributed by atoms with Crippen LogP contribution in [0.15, 0.2) is 42.2 Å². The van der Waals surface area contributed by atoms with Gasteiger partial charge in [-0.2, -0.15) is 10.5 Å². The Morgan fingerprint density at radius 1 is 1.23 bits per heavy atom. The van der Waals surface area contributed by atoms with Gasteiger partial charge < -0.3 is 4.74 Å². The molecule has 0 atom stereocenters. The Balaban J connectivity index is 2.77. The second kappa shape index (κ2) is 4.58. The Kier molecular flexibility index (Phi) is 3.11. The molecule has 1 rings (SSSR count). The maximum Gasteiger partial charge on any atom is 0.214 e. The standard InChI is InChI=1S/C10H6N2O/c11-7-6-10(8-12)13-9-4-2-1-3-5-9/h1-6H/b10-6+. The molecule has 0 aliphatic rings. The topological polar surface area (TPSA) is 56.8 Å². The summed E-state index contributed by atoms with van der Waals surface area (Å²) in [5.74, 6) is 0.541. The fraction of sp³-hybridized carbons (Fsp3) is 0. The lowest BCUT2D eigenvalue weighted by molar-refractivity contribution is 0.448. The molecule has 0 N–H and O–H groups in total. The first-order chi connectivity index (χ1) is 6.36. The lowest BCUT2D eigenvalue weighted by atomic mass is 10.3. The van der Waals surface area contributed by atoms with E-state index >= 15 is 0 Å². The molecule has 3 nitrogen and oxygen atoms in total. The number of hydrogen-bond donors (Lipinski definition) is 0. The number of nitriles is 2. The normalized spacial score (nSPS) is 9.85. The lowest BCUT2D eigenvalue weighted by Gasteiger charge is -2.00. The second-order valence-corrected chi connectivity index (χ2v) is 2.16.